The van der Waals surface area contributed by atoms with Crippen LogP contribution in [0.25, 0.3) is 0 Å². The van der Waals surface area contributed by atoms with E-state index in [1.165, 1.54) is 7.11 Å². The number of aromatic nitrogens is 1. The molecule has 0 spiro atoms. The Hall–Kier alpha value is -1.66. The van der Waals surface area contributed by atoms with Crippen LogP contribution in [0.4, 0.5) is 0 Å². The third kappa shape index (κ3) is 4.42. The molecule has 1 N–H and O–H groups in total. The molecule has 0 aliphatic carbocycles. The largest absolute Gasteiger partial charge is 0.464 e. The molecule has 0 saturated heterocycles. The summed E-state index contributed by atoms with van der Waals surface area (Å²) in [6.07, 6.45) is 0.853. The van der Waals surface area contributed by atoms with E-state index in [1.807, 2.05) is 20.8 Å². The smallest absolute Gasteiger partial charge is 0.354 e. The summed E-state index contributed by atoms with van der Waals surface area (Å²) in [6.45, 7) is 9.52. The Morgan fingerprint density at radius 1 is 1.30 bits per heavy atom. The van der Waals surface area contributed by atoms with Crippen LogP contribution in [0.15, 0.2) is 0 Å². The highest BCUT2D eigenvalue weighted by Gasteiger charge is 2.27. The van der Waals surface area contributed by atoms with E-state index in [-0.39, 0.29) is 11.8 Å². The molecule has 0 aliphatic heterocycles. The molecule has 1 aromatic rings. The zero-order valence-corrected chi connectivity index (χ0v) is 15.0. The molecule has 0 amide bonds. The molecule has 130 valence electrons. The zero-order chi connectivity index (χ0) is 17.6. The minimum absolute atomic E-state index is 0.0119. The van der Waals surface area contributed by atoms with Crippen molar-refractivity contribution in [3.05, 3.63) is 22.5 Å². The summed E-state index contributed by atoms with van der Waals surface area (Å²) >= 11 is 0. The predicted octanol–water partition coefficient (Wildman–Crippen LogP) is 2.02. The van der Waals surface area contributed by atoms with Crippen LogP contribution in [0.2, 0.25) is 0 Å². The van der Waals surface area contributed by atoms with Crippen LogP contribution in [-0.2, 0) is 16.5 Å². The number of esters is 1. The molecule has 1 rings (SSSR count). The number of ether oxygens (including phenoxy) is 2. The third-order valence-corrected chi connectivity index (χ3v) is 4.07. The molecule has 6 nitrogen and oxygen atoms in total. The first-order chi connectivity index (χ1) is 10.9. The molecule has 1 atom stereocenters. The molecule has 1 unspecified atom stereocenters. The van der Waals surface area contributed by atoms with E-state index in [1.54, 1.807) is 18.5 Å². The normalized spacial score (nSPS) is 12.3. The topological polar surface area (TPSA) is 69.6 Å². The summed E-state index contributed by atoms with van der Waals surface area (Å²) in [4.78, 5) is 24.6. The standard InChI is InChI=1S/C17H28N2O4/c1-7-23-10-8-9-18-12(3)16(20)14-11(2)15(17(21)22-6)19(5)13(14)4/h12,18H,7-10H2,1-6H3. The van der Waals surface area contributed by atoms with E-state index in [2.05, 4.69) is 5.32 Å². The van der Waals surface area contributed by atoms with Crippen LogP contribution in [0.1, 0.15) is 52.4 Å². The average molecular weight is 324 g/mol. The number of hydrogen-bond acceptors (Lipinski definition) is 5. The van der Waals surface area contributed by atoms with Gasteiger partial charge in [0.2, 0.25) is 0 Å². The Morgan fingerprint density at radius 3 is 2.52 bits per heavy atom. The molecule has 0 radical (unpaired) electrons. The molecule has 0 bridgehead atoms. The van der Waals surface area contributed by atoms with Crippen molar-refractivity contribution in [2.75, 3.05) is 26.9 Å². The number of nitrogens with zero attached hydrogens (tertiary/aromatic N) is 1. The lowest BCUT2D eigenvalue weighted by atomic mass is 10.0. The number of methoxy groups -OCH3 is 1. The van der Waals surface area contributed by atoms with Gasteiger partial charge >= 0.3 is 5.97 Å². The summed E-state index contributed by atoms with van der Waals surface area (Å²) in [5.41, 5.74) is 2.47. The minimum Gasteiger partial charge on any atom is -0.464 e. The molecule has 6 heteroatoms. The van der Waals surface area contributed by atoms with Gasteiger partial charge in [0.1, 0.15) is 5.69 Å². The second-order valence-electron chi connectivity index (χ2n) is 5.58. The maximum absolute atomic E-state index is 12.7. The molecule has 1 heterocycles. The molecule has 0 fully saturated rings. The maximum Gasteiger partial charge on any atom is 0.354 e. The lowest BCUT2D eigenvalue weighted by Crippen LogP contribution is -2.35. The Bertz CT molecular complexity index is 563. The highest BCUT2D eigenvalue weighted by molar-refractivity contribution is 6.05. The first kappa shape index (κ1) is 19.4. The van der Waals surface area contributed by atoms with Gasteiger partial charge in [0.05, 0.1) is 13.2 Å². The number of rotatable bonds is 9. The van der Waals surface area contributed by atoms with Gasteiger partial charge in [-0.25, -0.2) is 4.79 Å². The molecule has 1 aromatic heterocycles. The molecule has 0 aromatic carbocycles. The molecule has 0 aliphatic rings. The number of ketones is 1. The van der Waals surface area contributed by atoms with E-state index in [4.69, 9.17) is 9.47 Å². The van der Waals surface area contributed by atoms with Crippen molar-refractivity contribution >= 4 is 11.8 Å². The van der Waals surface area contributed by atoms with Gasteiger partial charge in [-0.05, 0) is 46.2 Å². The van der Waals surface area contributed by atoms with E-state index in [0.717, 1.165) is 12.1 Å². The van der Waals surface area contributed by atoms with Crippen molar-refractivity contribution < 1.29 is 19.1 Å². The van der Waals surface area contributed by atoms with Gasteiger partial charge in [-0.3, -0.25) is 4.79 Å². The number of hydrogen-bond donors (Lipinski definition) is 1. The van der Waals surface area contributed by atoms with Gasteiger partial charge < -0.3 is 19.4 Å². The fourth-order valence-electron chi connectivity index (χ4n) is 2.67. The van der Waals surface area contributed by atoms with E-state index in [0.29, 0.717) is 36.6 Å². The minimum atomic E-state index is -0.426. The highest BCUT2D eigenvalue weighted by Crippen LogP contribution is 2.23. The third-order valence-electron chi connectivity index (χ3n) is 4.07. The van der Waals surface area contributed by atoms with E-state index < -0.39 is 5.97 Å². The number of Topliss-reactive ketones (excluding diaryl/α,β-unsaturated/α-hetero) is 1. The number of carbonyl (C=O) groups is 2. The van der Waals surface area contributed by atoms with Gasteiger partial charge in [-0.15, -0.1) is 0 Å². The second-order valence-corrected chi connectivity index (χ2v) is 5.58. The lowest BCUT2D eigenvalue weighted by Gasteiger charge is -2.13. The van der Waals surface area contributed by atoms with Crippen molar-refractivity contribution in [2.45, 2.75) is 40.2 Å². The zero-order valence-electron chi connectivity index (χ0n) is 15.0. The van der Waals surface area contributed by atoms with E-state index >= 15 is 0 Å². The summed E-state index contributed by atoms with van der Waals surface area (Å²) in [6, 6.07) is -0.318. The summed E-state index contributed by atoms with van der Waals surface area (Å²) in [5.74, 6) is -0.438. The van der Waals surface area contributed by atoms with Gasteiger partial charge in [0, 0.05) is 31.5 Å². The van der Waals surface area contributed by atoms with Gasteiger partial charge in [0.15, 0.2) is 5.78 Å². The summed E-state index contributed by atoms with van der Waals surface area (Å²) < 4.78 is 11.8. The van der Waals surface area contributed by atoms with Gasteiger partial charge in [0.25, 0.3) is 0 Å². The molecular formula is C17H28N2O4. The Balaban J connectivity index is 2.85. The van der Waals surface area contributed by atoms with Crippen LogP contribution < -0.4 is 5.32 Å². The van der Waals surface area contributed by atoms with Crippen LogP contribution in [0, 0.1) is 13.8 Å². The molecule has 23 heavy (non-hydrogen) atoms. The van der Waals surface area contributed by atoms with Crippen molar-refractivity contribution in [1.29, 1.82) is 0 Å². The Kier molecular flexibility index (Phi) is 7.45. The molecule has 0 saturated carbocycles. The fourth-order valence-corrected chi connectivity index (χ4v) is 2.67. The van der Waals surface area contributed by atoms with Crippen molar-refractivity contribution in [3.63, 3.8) is 0 Å². The fraction of sp³-hybridized carbons (Fsp3) is 0.647. The first-order valence-electron chi connectivity index (χ1n) is 7.96. The lowest BCUT2D eigenvalue weighted by molar-refractivity contribution is 0.0588. The summed E-state index contributed by atoms with van der Waals surface area (Å²) in [7, 11) is 3.11. The highest BCUT2D eigenvalue weighted by atomic mass is 16.5. The van der Waals surface area contributed by atoms with E-state index in [9.17, 15) is 9.59 Å². The first-order valence-corrected chi connectivity index (χ1v) is 7.96. The monoisotopic (exact) mass is 324 g/mol. The Labute approximate surface area is 138 Å². The van der Waals surface area contributed by atoms with Crippen molar-refractivity contribution in [1.82, 2.24) is 9.88 Å². The van der Waals surface area contributed by atoms with Gasteiger partial charge in [-0.1, -0.05) is 0 Å². The quantitative estimate of drug-likeness (QED) is 0.427. The summed E-state index contributed by atoms with van der Waals surface area (Å²) in [5, 5.41) is 3.21. The SMILES string of the molecule is CCOCCCNC(C)C(=O)c1c(C)c(C(=O)OC)n(C)c1C. The average Bonchev–Trinajstić information content (AvgIpc) is 2.75. The van der Waals surface area contributed by atoms with Crippen LogP contribution in [0.3, 0.4) is 0 Å². The maximum atomic E-state index is 12.7. The number of carbonyl (C=O) groups excluding carboxylic acids is 2. The van der Waals surface area contributed by atoms with Crippen LogP contribution >= 0.6 is 0 Å². The second kappa shape index (κ2) is 8.84. The van der Waals surface area contributed by atoms with Crippen molar-refractivity contribution in [3.8, 4) is 0 Å². The van der Waals surface area contributed by atoms with Crippen LogP contribution in [-0.4, -0.2) is 49.2 Å². The van der Waals surface area contributed by atoms with Crippen molar-refractivity contribution in [2.24, 2.45) is 7.05 Å². The Morgan fingerprint density at radius 2 is 1.96 bits per heavy atom. The number of nitrogens with one attached hydrogen (secondary N) is 1. The van der Waals surface area contributed by atoms with Gasteiger partial charge in [-0.2, -0.15) is 0 Å². The predicted molar refractivity (Wildman–Crippen MR) is 89.1 cm³/mol. The molecular weight excluding hydrogens is 296 g/mol. The van der Waals surface area contributed by atoms with Crippen LogP contribution in [0.5, 0.6) is 0 Å².